The zero-order valence-electron chi connectivity index (χ0n) is 14.4. The van der Waals surface area contributed by atoms with E-state index in [9.17, 15) is 9.90 Å². The number of fused-ring (bicyclic) bond motifs is 2. The summed E-state index contributed by atoms with van der Waals surface area (Å²) in [6.45, 7) is 0.187. The van der Waals surface area contributed by atoms with Crippen molar-refractivity contribution in [1.82, 2.24) is 9.97 Å². The Balaban J connectivity index is 1.85. The summed E-state index contributed by atoms with van der Waals surface area (Å²) < 4.78 is 16.1. The van der Waals surface area contributed by atoms with Gasteiger partial charge in [0.15, 0.2) is 17.2 Å². The first-order valence-electron chi connectivity index (χ1n) is 8.05. The highest BCUT2D eigenvalue weighted by atomic mass is 16.7. The van der Waals surface area contributed by atoms with E-state index in [1.54, 1.807) is 6.07 Å². The molecule has 9 nitrogen and oxygen atoms in total. The average molecular weight is 368 g/mol. The molecule has 3 aromatic rings. The Morgan fingerprint density at radius 1 is 1.30 bits per heavy atom. The number of methoxy groups -OCH3 is 1. The Morgan fingerprint density at radius 3 is 2.89 bits per heavy atom. The molecule has 0 saturated heterocycles. The molecule has 0 spiro atoms. The van der Waals surface area contributed by atoms with Crippen molar-refractivity contribution < 1.29 is 24.1 Å². The molecule has 138 valence electrons. The molecule has 0 bridgehead atoms. The molecule has 0 atom stereocenters. The topological polar surface area (TPSA) is 129 Å². The van der Waals surface area contributed by atoms with Crippen molar-refractivity contribution in [1.29, 1.82) is 0 Å². The van der Waals surface area contributed by atoms with Gasteiger partial charge in [-0.15, -0.1) is 0 Å². The minimum absolute atomic E-state index is 0.187. The van der Waals surface area contributed by atoms with Crippen molar-refractivity contribution in [2.75, 3.05) is 25.0 Å². The van der Waals surface area contributed by atoms with Gasteiger partial charge in [-0.05, 0) is 23.8 Å². The van der Waals surface area contributed by atoms with Crippen LogP contribution in [0, 0.1) is 0 Å². The smallest absolute Gasteiger partial charge is 0.314 e. The minimum Gasteiger partial charge on any atom is -0.492 e. The second kappa shape index (κ2) is 6.52. The van der Waals surface area contributed by atoms with Crippen LogP contribution in [0.4, 0.5) is 11.4 Å². The number of carbonyl (C=O) groups excluding carboxylic acids is 1. The van der Waals surface area contributed by atoms with Gasteiger partial charge in [-0.25, -0.2) is 0 Å². The molecular weight excluding hydrogens is 352 g/mol. The summed E-state index contributed by atoms with van der Waals surface area (Å²) in [6.07, 6.45) is 0.884. The lowest BCUT2D eigenvalue weighted by molar-refractivity contribution is -0.105. The number of hydrogen-bond donors (Lipinski definition) is 3. The zero-order valence-corrected chi connectivity index (χ0v) is 14.4. The number of nitrogens with two attached hydrogens (primary N) is 1. The molecule has 0 unspecified atom stereocenters. The standard InChI is InChI=1S/C18H16N4O5/c1-25-17-12(20-7-23)6-11-15(16(17)19)10(21-18(24)22-11)4-9-2-3-13-14(5-9)27-8-26-13/h2-3,5-7H,4,8,19H2,1H3,(H,20,23)(H,21,22,24). The molecule has 0 radical (unpaired) electrons. The Kier molecular flexibility index (Phi) is 4.03. The van der Waals surface area contributed by atoms with E-state index in [-0.39, 0.29) is 18.5 Å². The minimum atomic E-state index is -0.389. The number of rotatable bonds is 5. The number of nitrogens with one attached hydrogen (secondary N) is 1. The molecule has 1 aliphatic heterocycles. The van der Waals surface area contributed by atoms with Crippen LogP contribution in [-0.4, -0.2) is 35.4 Å². The first-order valence-corrected chi connectivity index (χ1v) is 8.05. The predicted molar refractivity (Wildman–Crippen MR) is 97.2 cm³/mol. The van der Waals surface area contributed by atoms with E-state index in [2.05, 4.69) is 15.3 Å². The number of aromatic hydroxyl groups is 1. The fraction of sp³-hybridized carbons (Fsp3) is 0.167. The molecule has 0 saturated carbocycles. The van der Waals surface area contributed by atoms with Gasteiger partial charge in [0.05, 0.1) is 29.7 Å². The average Bonchev–Trinajstić information content (AvgIpc) is 3.09. The van der Waals surface area contributed by atoms with Gasteiger partial charge in [0.1, 0.15) is 0 Å². The van der Waals surface area contributed by atoms with Crippen LogP contribution in [0.15, 0.2) is 24.3 Å². The summed E-state index contributed by atoms with van der Waals surface area (Å²) in [5.41, 5.74) is 8.70. The Hall–Kier alpha value is -3.75. The first-order chi connectivity index (χ1) is 13.1. The summed E-state index contributed by atoms with van der Waals surface area (Å²) in [4.78, 5) is 19.0. The van der Waals surface area contributed by atoms with Gasteiger partial charge in [-0.3, -0.25) is 4.79 Å². The van der Waals surface area contributed by atoms with Gasteiger partial charge in [0.2, 0.25) is 13.2 Å². The van der Waals surface area contributed by atoms with Crippen molar-refractivity contribution in [3.63, 3.8) is 0 Å². The molecular formula is C18H16N4O5. The van der Waals surface area contributed by atoms with E-state index in [4.69, 9.17) is 19.9 Å². The molecule has 2 heterocycles. The molecule has 1 aromatic heterocycles. The fourth-order valence-electron chi connectivity index (χ4n) is 3.13. The SMILES string of the molecule is COc1c(NC=O)cc2nc(O)nc(Cc3ccc4c(c3)OCO4)c2c1N. The van der Waals surface area contributed by atoms with Crippen LogP contribution in [0.1, 0.15) is 11.3 Å². The maximum Gasteiger partial charge on any atom is 0.314 e. The number of amides is 1. The number of aromatic nitrogens is 2. The summed E-state index contributed by atoms with van der Waals surface area (Å²) >= 11 is 0. The first kappa shape index (κ1) is 16.7. The maximum absolute atomic E-state index is 10.8. The normalized spacial score (nSPS) is 12.2. The lowest BCUT2D eigenvalue weighted by Gasteiger charge is -2.15. The lowest BCUT2D eigenvalue weighted by atomic mass is 10.0. The number of nitrogen functional groups attached to an aromatic ring is 1. The third kappa shape index (κ3) is 2.88. The van der Waals surface area contributed by atoms with E-state index >= 15 is 0 Å². The zero-order chi connectivity index (χ0) is 19.0. The van der Waals surface area contributed by atoms with Gasteiger partial charge in [-0.1, -0.05) is 6.07 Å². The second-order valence-electron chi connectivity index (χ2n) is 5.86. The van der Waals surface area contributed by atoms with E-state index < -0.39 is 0 Å². The van der Waals surface area contributed by atoms with Crippen LogP contribution < -0.4 is 25.3 Å². The number of nitrogens with zero attached hydrogens (tertiary/aromatic N) is 2. The number of anilines is 2. The van der Waals surface area contributed by atoms with Crippen molar-refractivity contribution in [3.8, 4) is 23.3 Å². The number of ether oxygens (including phenoxy) is 3. The summed E-state index contributed by atoms with van der Waals surface area (Å²) in [6, 6.07) is 6.73. The molecule has 1 aliphatic rings. The molecule has 0 aliphatic carbocycles. The van der Waals surface area contributed by atoms with Crippen LogP contribution in [0.5, 0.6) is 23.3 Å². The molecule has 4 rings (SSSR count). The van der Waals surface area contributed by atoms with Crippen LogP contribution in [0.2, 0.25) is 0 Å². The monoisotopic (exact) mass is 368 g/mol. The van der Waals surface area contributed by atoms with Gasteiger partial charge in [-0.2, -0.15) is 9.97 Å². The molecule has 4 N–H and O–H groups in total. The molecule has 2 aromatic carbocycles. The van der Waals surface area contributed by atoms with Gasteiger partial charge in [0.25, 0.3) is 0 Å². The highest BCUT2D eigenvalue weighted by Crippen LogP contribution is 2.40. The van der Waals surface area contributed by atoms with Gasteiger partial charge >= 0.3 is 6.01 Å². The molecule has 27 heavy (non-hydrogen) atoms. The lowest BCUT2D eigenvalue weighted by Crippen LogP contribution is -2.05. The third-order valence-corrected chi connectivity index (χ3v) is 4.27. The summed E-state index contributed by atoms with van der Waals surface area (Å²) in [5.74, 6) is 1.63. The van der Waals surface area contributed by atoms with Crippen LogP contribution >= 0.6 is 0 Å². The largest absolute Gasteiger partial charge is 0.492 e. The number of carbonyl (C=O) groups is 1. The van der Waals surface area contributed by atoms with Crippen LogP contribution in [0.25, 0.3) is 10.9 Å². The van der Waals surface area contributed by atoms with E-state index in [1.165, 1.54) is 7.11 Å². The maximum atomic E-state index is 10.8. The highest BCUT2D eigenvalue weighted by Gasteiger charge is 2.19. The molecule has 0 fully saturated rings. The van der Waals surface area contributed by atoms with E-state index in [0.29, 0.717) is 52.4 Å². The van der Waals surface area contributed by atoms with Crippen molar-refractivity contribution in [3.05, 3.63) is 35.5 Å². The van der Waals surface area contributed by atoms with Crippen LogP contribution in [0.3, 0.4) is 0 Å². The predicted octanol–water partition coefficient (Wildman–Crippen LogP) is 1.81. The summed E-state index contributed by atoms with van der Waals surface area (Å²) in [5, 5.41) is 13.0. The molecule has 9 heteroatoms. The number of benzene rings is 2. The second-order valence-corrected chi connectivity index (χ2v) is 5.86. The molecule has 1 amide bonds. The summed E-state index contributed by atoms with van der Waals surface area (Å²) in [7, 11) is 1.45. The Bertz CT molecular complexity index is 1050. The fourth-order valence-corrected chi connectivity index (χ4v) is 3.13. The van der Waals surface area contributed by atoms with E-state index in [1.807, 2.05) is 18.2 Å². The van der Waals surface area contributed by atoms with Gasteiger partial charge in [0, 0.05) is 11.8 Å². The quantitative estimate of drug-likeness (QED) is 0.459. The van der Waals surface area contributed by atoms with E-state index in [0.717, 1.165) is 5.56 Å². The Labute approximate surface area is 153 Å². The van der Waals surface area contributed by atoms with Crippen molar-refractivity contribution in [2.24, 2.45) is 0 Å². The van der Waals surface area contributed by atoms with Gasteiger partial charge < -0.3 is 30.4 Å². The van der Waals surface area contributed by atoms with Crippen molar-refractivity contribution in [2.45, 2.75) is 6.42 Å². The van der Waals surface area contributed by atoms with Crippen LogP contribution in [-0.2, 0) is 11.2 Å². The number of hydrogen-bond acceptors (Lipinski definition) is 8. The third-order valence-electron chi connectivity index (χ3n) is 4.27. The Morgan fingerprint density at radius 2 is 2.11 bits per heavy atom. The highest BCUT2D eigenvalue weighted by molar-refractivity contribution is 6.01. The van der Waals surface area contributed by atoms with Crippen molar-refractivity contribution >= 4 is 28.7 Å².